The van der Waals surface area contributed by atoms with E-state index in [1.165, 1.54) is 0 Å². The van der Waals surface area contributed by atoms with E-state index < -0.39 is 17.6 Å². The monoisotopic (exact) mass is 374 g/mol. The van der Waals surface area contributed by atoms with Gasteiger partial charge in [0.1, 0.15) is 11.4 Å². The highest BCUT2D eigenvalue weighted by Crippen LogP contribution is 2.36. The van der Waals surface area contributed by atoms with Crippen LogP contribution < -0.4 is 4.74 Å². The molecule has 1 saturated heterocycles. The van der Waals surface area contributed by atoms with Gasteiger partial charge in [-0.1, -0.05) is 12.1 Å². The van der Waals surface area contributed by atoms with Gasteiger partial charge in [0.05, 0.1) is 19.1 Å². The number of piperazine rings is 1. The highest BCUT2D eigenvalue weighted by Gasteiger charge is 2.53. The average Bonchev–Trinajstić information content (AvgIpc) is 2.64. The van der Waals surface area contributed by atoms with Crippen molar-refractivity contribution < 1.29 is 23.9 Å². The average molecular weight is 374 g/mol. The van der Waals surface area contributed by atoms with Crippen LogP contribution in [-0.4, -0.2) is 72.4 Å². The number of ether oxygens (including phenoxy) is 2. The Morgan fingerprint density at radius 1 is 1.07 bits per heavy atom. The second kappa shape index (κ2) is 7.31. The van der Waals surface area contributed by atoms with Crippen molar-refractivity contribution in [1.82, 2.24) is 9.80 Å². The van der Waals surface area contributed by atoms with E-state index in [2.05, 4.69) is 0 Å². The highest BCUT2D eigenvalue weighted by atomic mass is 16.6. The summed E-state index contributed by atoms with van der Waals surface area (Å²) in [7, 11) is 1.57. The van der Waals surface area contributed by atoms with Gasteiger partial charge in [0.25, 0.3) is 0 Å². The van der Waals surface area contributed by atoms with Crippen LogP contribution >= 0.6 is 0 Å². The summed E-state index contributed by atoms with van der Waals surface area (Å²) in [5, 5.41) is 0. The molecule has 0 N–H and O–H groups in total. The van der Waals surface area contributed by atoms with Gasteiger partial charge in [-0.05, 0) is 38.5 Å². The number of benzene rings is 1. The molecule has 1 aromatic rings. The van der Waals surface area contributed by atoms with E-state index in [1.807, 2.05) is 43.9 Å². The van der Waals surface area contributed by atoms with Crippen LogP contribution in [0.1, 0.15) is 32.3 Å². The Kier molecular flexibility index (Phi) is 5.24. The third-order valence-corrected chi connectivity index (χ3v) is 4.92. The predicted molar refractivity (Wildman–Crippen MR) is 98.9 cm³/mol. The largest absolute Gasteiger partial charge is 0.497 e. The van der Waals surface area contributed by atoms with E-state index >= 15 is 0 Å². The molecule has 1 saturated carbocycles. The number of hydrogen-bond acceptors (Lipinski definition) is 6. The van der Waals surface area contributed by atoms with E-state index in [0.717, 1.165) is 5.56 Å². The van der Waals surface area contributed by atoms with Gasteiger partial charge in [-0.2, -0.15) is 0 Å². The number of carbonyl (C=O) groups is 3. The number of ketones is 2. The first-order chi connectivity index (χ1) is 12.7. The van der Waals surface area contributed by atoms with Crippen molar-refractivity contribution in [3.8, 4) is 5.75 Å². The molecule has 0 radical (unpaired) electrons. The molecule has 2 fully saturated rings. The molecule has 2 aliphatic rings. The Labute approximate surface area is 159 Å². The van der Waals surface area contributed by atoms with Gasteiger partial charge in [0, 0.05) is 26.2 Å². The summed E-state index contributed by atoms with van der Waals surface area (Å²) >= 11 is 0. The third-order valence-electron chi connectivity index (χ3n) is 4.92. The van der Waals surface area contributed by atoms with Crippen LogP contribution in [0.2, 0.25) is 0 Å². The van der Waals surface area contributed by atoms with E-state index in [1.54, 1.807) is 18.1 Å². The third kappa shape index (κ3) is 3.98. The Hall–Kier alpha value is -2.41. The minimum absolute atomic E-state index is 0.345. The first-order valence-corrected chi connectivity index (χ1v) is 9.15. The van der Waals surface area contributed by atoms with Crippen LogP contribution in [-0.2, 0) is 14.3 Å². The lowest BCUT2D eigenvalue weighted by Gasteiger charge is -2.45. The van der Waals surface area contributed by atoms with Crippen molar-refractivity contribution in [2.24, 2.45) is 0 Å². The summed E-state index contributed by atoms with van der Waals surface area (Å²) < 4.78 is 10.6. The molecule has 7 heteroatoms. The lowest BCUT2D eigenvalue weighted by atomic mass is 9.71. The van der Waals surface area contributed by atoms with Crippen molar-refractivity contribution in [1.29, 1.82) is 0 Å². The van der Waals surface area contributed by atoms with Gasteiger partial charge in [0.2, 0.25) is 11.6 Å². The molecular weight excluding hydrogens is 348 g/mol. The predicted octanol–water partition coefficient (Wildman–Crippen LogP) is 1.85. The SMILES string of the molecule is COc1cccc(C2C(=O)C(=O)C2N2CCN(C(=O)OC(C)(C)C)CC2)c1. The highest BCUT2D eigenvalue weighted by molar-refractivity contribution is 6.49. The van der Waals surface area contributed by atoms with E-state index in [-0.39, 0.29) is 17.7 Å². The Morgan fingerprint density at radius 3 is 2.33 bits per heavy atom. The molecule has 1 aromatic carbocycles. The molecule has 2 atom stereocenters. The number of carbonyl (C=O) groups excluding carboxylic acids is 3. The molecule has 7 nitrogen and oxygen atoms in total. The molecule has 3 rings (SSSR count). The zero-order chi connectivity index (χ0) is 19.8. The maximum Gasteiger partial charge on any atom is 0.410 e. The van der Waals surface area contributed by atoms with Gasteiger partial charge in [-0.3, -0.25) is 14.5 Å². The van der Waals surface area contributed by atoms with Crippen molar-refractivity contribution in [2.45, 2.75) is 38.3 Å². The zero-order valence-electron chi connectivity index (χ0n) is 16.2. The van der Waals surface area contributed by atoms with Crippen molar-refractivity contribution in [2.75, 3.05) is 33.3 Å². The molecule has 0 aromatic heterocycles. The number of methoxy groups -OCH3 is 1. The maximum atomic E-state index is 12.3. The Balaban J connectivity index is 1.67. The molecule has 1 aliphatic carbocycles. The molecule has 1 aliphatic heterocycles. The molecule has 146 valence electrons. The maximum absolute atomic E-state index is 12.3. The quantitative estimate of drug-likeness (QED) is 0.752. The fraction of sp³-hybridized carbons (Fsp3) is 0.550. The first-order valence-electron chi connectivity index (χ1n) is 9.15. The van der Waals surface area contributed by atoms with Crippen LogP contribution in [0, 0.1) is 0 Å². The van der Waals surface area contributed by atoms with Crippen LogP contribution in [0.5, 0.6) is 5.75 Å². The standard InChI is InChI=1S/C20H26N2O5/c1-20(2,3)27-19(25)22-10-8-21(9-11-22)16-15(17(23)18(16)24)13-6-5-7-14(12-13)26-4/h5-7,12,15-16H,8-11H2,1-4H3. The number of Topliss-reactive ketones (excluding diaryl/α,β-unsaturated/α-hetero) is 2. The fourth-order valence-electron chi connectivity index (χ4n) is 3.55. The van der Waals surface area contributed by atoms with E-state index in [4.69, 9.17) is 9.47 Å². The first kappa shape index (κ1) is 19.4. The topological polar surface area (TPSA) is 76.2 Å². The number of rotatable bonds is 3. The molecule has 0 spiro atoms. The van der Waals surface area contributed by atoms with Gasteiger partial charge in [0.15, 0.2) is 0 Å². The summed E-state index contributed by atoms with van der Waals surface area (Å²) in [6, 6.07) is 6.82. The number of amides is 1. The summed E-state index contributed by atoms with van der Waals surface area (Å²) in [5.41, 5.74) is 0.251. The molecule has 1 heterocycles. The van der Waals surface area contributed by atoms with Gasteiger partial charge < -0.3 is 14.4 Å². The van der Waals surface area contributed by atoms with Gasteiger partial charge in [-0.25, -0.2) is 4.79 Å². The molecule has 1 amide bonds. The summed E-state index contributed by atoms with van der Waals surface area (Å²) in [4.78, 5) is 40.4. The van der Waals surface area contributed by atoms with E-state index in [9.17, 15) is 14.4 Å². The lowest BCUT2D eigenvalue weighted by Crippen LogP contribution is -2.64. The minimum atomic E-state index is -0.540. The van der Waals surface area contributed by atoms with Crippen LogP contribution in [0.15, 0.2) is 24.3 Å². The normalized spacial score (nSPS) is 23.8. The van der Waals surface area contributed by atoms with Crippen LogP contribution in [0.3, 0.4) is 0 Å². The molecule has 2 unspecified atom stereocenters. The van der Waals surface area contributed by atoms with Gasteiger partial charge in [-0.15, -0.1) is 0 Å². The van der Waals surface area contributed by atoms with Crippen LogP contribution in [0.4, 0.5) is 4.79 Å². The summed E-state index contributed by atoms with van der Waals surface area (Å²) in [5.74, 6) is -0.523. The fourth-order valence-corrected chi connectivity index (χ4v) is 3.55. The number of nitrogens with zero attached hydrogens (tertiary/aromatic N) is 2. The van der Waals surface area contributed by atoms with Gasteiger partial charge >= 0.3 is 6.09 Å². The molecule has 27 heavy (non-hydrogen) atoms. The summed E-state index contributed by atoms with van der Waals surface area (Å²) in [6.45, 7) is 7.50. The molecule has 0 bridgehead atoms. The second-order valence-corrected chi connectivity index (χ2v) is 7.93. The van der Waals surface area contributed by atoms with Crippen molar-refractivity contribution in [3.05, 3.63) is 29.8 Å². The van der Waals surface area contributed by atoms with E-state index in [0.29, 0.717) is 31.9 Å². The second-order valence-electron chi connectivity index (χ2n) is 7.93. The number of hydrogen-bond donors (Lipinski definition) is 0. The van der Waals surface area contributed by atoms with Crippen LogP contribution in [0.25, 0.3) is 0 Å². The Morgan fingerprint density at radius 2 is 1.74 bits per heavy atom. The van der Waals surface area contributed by atoms with Crippen molar-refractivity contribution in [3.63, 3.8) is 0 Å². The minimum Gasteiger partial charge on any atom is -0.497 e. The summed E-state index contributed by atoms with van der Waals surface area (Å²) in [6.07, 6.45) is -0.345. The smallest absolute Gasteiger partial charge is 0.410 e. The zero-order valence-corrected chi connectivity index (χ0v) is 16.2. The molecular formula is C20H26N2O5. The lowest BCUT2D eigenvalue weighted by molar-refractivity contribution is -0.151. The van der Waals surface area contributed by atoms with Crippen molar-refractivity contribution >= 4 is 17.7 Å². The Bertz CT molecular complexity index is 747.